The molecule has 0 unspecified atom stereocenters. The maximum atomic E-state index is 13.8. The van der Waals surface area contributed by atoms with E-state index in [0.29, 0.717) is 34.5 Å². The fourth-order valence-electron chi connectivity index (χ4n) is 2.16. The number of fused-ring (bicyclic) bond motifs is 1. The number of nitrogens with zero attached hydrogens (tertiary/aromatic N) is 2. The molecule has 6 nitrogen and oxygen atoms in total. The van der Waals surface area contributed by atoms with E-state index in [-0.39, 0.29) is 5.75 Å². The average molecular weight is 286 g/mol. The van der Waals surface area contributed by atoms with Crippen molar-refractivity contribution in [1.82, 2.24) is 15.2 Å². The highest BCUT2D eigenvalue weighted by molar-refractivity contribution is 5.93. The lowest BCUT2D eigenvalue weighted by molar-refractivity contribution is -0.105. The molecule has 0 spiro atoms. The predicted molar refractivity (Wildman–Crippen MR) is 75.5 cm³/mol. The molecule has 3 aromatic rings. The van der Waals surface area contributed by atoms with Crippen LogP contribution in [0.4, 0.5) is 10.2 Å². The van der Waals surface area contributed by atoms with E-state index >= 15 is 0 Å². The molecule has 0 saturated heterocycles. The Morgan fingerprint density at radius 3 is 2.95 bits per heavy atom. The van der Waals surface area contributed by atoms with Crippen molar-refractivity contribution in [3.8, 4) is 17.0 Å². The van der Waals surface area contributed by atoms with Gasteiger partial charge in [-0.3, -0.25) is 9.89 Å². The molecule has 0 atom stereocenters. The normalized spacial score (nSPS) is 10.6. The van der Waals surface area contributed by atoms with Crippen molar-refractivity contribution in [2.75, 3.05) is 12.4 Å². The van der Waals surface area contributed by atoms with Crippen LogP contribution in [-0.2, 0) is 4.79 Å². The van der Waals surface area contributed by atoms with Crippen LogP contribution in [0.15, 0.2) is 30.3 Å². The number of ether oxygens (including phenoxy) is 1. The summed E-state index contributed by atoms with van der Waals surface area (Å²) >= 11 is 0. The van der Waals surface area contributed by atoms with Crippen molar-refractivity contribution in [3.05, 3.63) is 36.1 Å². The summed E-state index contributed by atoms with van der Waals surface area (Å²) in [5.74, 6) is 0.0739. The largest absolute Gasteiger partial charge is 0.493 e. The number of amides is 1. The van der Waals surface area contributed by atoms with Crippen molar-refractivity contribution in [2.45, 2.75) is 0 Å². The number of hydrogen-bond acceptors (Lipinski definition) is 4. The van der Waals surface area contributed by atoms with Gasteiger partial charge in [0.15, 0.2) is 17.2 Å². The van der Waals surface area contributed by atoms with Gasteiger partial charge in [0.05, 0.1) is 12.8 Å². The second-order valence-electron chi connectivity index (χ2n) is 4.25. The summed E-state index contributed by atoms with van der Waals surface area (Å²) in [4.78, 5) is 14.6. The molecule has 21 heavy (non-hydrogen) atoms. The number of halogens is 1. The van der Waals surface area contributed by atoms with E-state index in [1.165, 1.54) is 13.2 Å². The van der Waals surface area contributed by atoms with E-state index < -0.39 is 5.82 Å². The molecule has 0 aliphatic rings. The van der Waals surface area contributed by atoms with Crippen molar-refractivity contribution in [1.29, 1.82) is 0 Å². The molecule has 0 bridgehead atoms. The molecular formula is C14H11FN4O2. The van der Waals surface area contributed by atoms with Gasteiger partial charge in [-0.05, 0) is 24.3 Å². The summed E-state index contributed by atoms with van der Waals surface area (Å²) in [7, 11) is 1.41. The van der Waals surface area contributed by atoms with Gasteiger partial charge in [-0.2, -0.15) is 5.10 Å². The molecule has 0 aliphatic heterocycles. The fraction of sp³-hybridized carbons (Fsp3) is 0.0714. The molecule has 0 fully saturated rings. The minimum atomic E-state index is -0.454. The number of pyridine rings is 1. The number of methoxy groups -OCH3 is 1. The molecule has 7 heteroatoms. The standard InChI is InChI=1S/C14H11FN4O2/c1-21-13-8(3-2-4-10(13)15)12-9-5-6-11(16-7-20)17-14(9)19-18-12/h2-7H,1H3,(H2,16,17,18,19,20). The van der Waals surface area contributed by atoms with Crippen LogP contribution in [0.2, 0.25) is 0 Å². The molecule has 2 heterocycles. The number of para-hydroxylation sites is 1. The molecule has 3 rings (SSSR count). The van der Waals surface area contributed by atoms with E-state index in [2.05, 4.69) is 20.5 Å². The molecule has 0 aliphatic carbocycles. The number of rotatable bonds is 4. The summed E-state index contributed by atoms with van der Waals surface area (Å²) < 4.78 is 18.9. The Morgan fingerprint density at radius 2 is 2.19 bits per heavy atom. The first kappa shape index (κ1) is 13.0. The van der Waals surface area contributed by atoms with Crippen LogP contribution in [0.25, 0.3) is 22.3 Å². The molecule has 1 amide bonds. The quantitative estimate of drug-likeness (QED) is 0.721. The third-order valence-corrected chi connectivity index (χ3v) is 3.07. The summed E-state index contributed by atoms with van der Waals surface area (Å²) in [6.07, 6.45) is 0.539. The van der Waals surface area contributed by atoms with E-state index in [1.807, 2.05) is 0 Å². The highest BCUT2D eigenvalue weighted by Crippen LogP contribution is 2.34. The predicted octanol–water partition coefficient (Wildman–Crippen LogP) is 2.34. The maximum Gasteiger partial charge on any atom is 0.212 e. The van der Waals surface area contributed by atoms with Crippen LogP contribution < -0.4 is 10.1 Å². The Labute approximate surface area is 119 Å². The van der Waals surface area contributed by atoms with E-state index in [0.717, 1.165) is 0 Å². The molecule has 2 N–H and O–H groups in total. The summed E-state index contributed by atoms with van der Waals surface area (Å²) in [6.45, 7) is 0. The number of aromatic nitrogens is 3. The van der Waals surface area contributed by atoms with Gasteiger partial charge in [-0.1, -0.05) is 6.07 Å². The number of benzene rings is 1. The highest BCUT2D eigenvalue weighted by Gasteiger charge is 2.16. The molecule has 106 valence electrons. The van der Waals surface area contributed by atoms with Crippen molar-refractivity contribution < 1.29 is 13.9 Å². The van der Waals surface area contributed by atoms with Gasteiger partial charge >= 0.3 is 0 Å². The Kier molecular flexibility index (Phi) is 3.23. The van der Waals surface area contributed by atoms with E-state index in [4.69, 9.17) is 4.74 Å². The first-order valence-corrected chi connectivity index (χ1v) is 6.12. The van der Waals surface area contributed by atoms with Gasteiger partial charge in [-0.15, -0.1) is 0 Å². The summed E-state index contributed by atoms with van der Waals surface area (Å²) in [5, 5.41) is 10.1. The van der Waals surface area contributed by atoms with Gasteiger partial charge in [0.1, 0.15) is 5.82 Å². The van der Waals surface area contributed by atoms with E-state index in [9.17, 15) is 9.18 Å². The zero-order valence-corrected chi connectivity index (χ0v) is 11.1. The third-order valence-electron chi connectivity index (χ3n) is 3.07. The lowest BCUT2D eigenvalue weighted by atomic mass is 10.1. The second kappa shape index (κ2) is 5.20. The molecule has 2 aromatic heterocycles. The Morgan fingerprint density at radius 1 is 1.33 bits per heavy atom. The van der Waals surface area contributed by atoms with Gasteiger partial charge < -0.3 is 10.1 Å². The van der Waals surface area contributed by atoms with Gasteiger partial charge in [0, 0.05) is 10.9 Å². The second-order valence-corrected chi connectivity index (χ2v) is 4.25. The SMILES string of the molecule is COc1c(F)cccc1-c1[nH]nc2nc(NC=O)ccc12. The van der Waals surface area contributed by atoms with Gasteiger partial charge in [-0.25, -0.2) is 9.37 Å². The van der Waals surface area contributed by atoms with Crippen LogP contribution >= 0.6 is 0 Å². The number of carbonyl (C=O) groups excluding carboxylic acids is 1. The molecule has 0 saturated carbocycles. The van der Waals surface area contributed by atoms with Crippen LogP contribution in [0.5, 0.6) is 5.75 Å². The van der Waals surface area contributed by atoms with Crippen LogP contribution in [0.3, 0.4) is 0 Å². The van der Waals surface area contributed by atoms with Crippen LogP contribution in [0.1, 0.15) is 0 Å². The van der Waals surface area contributed by atoms with Gasteiger partial charge in [0.2, 0.25) is 6.41 Å². The monoisotopic (exact) mass is 286 g/mol. The maximum absolute atomic E-state index is 13.8. The van der Waals surface area contributed by atoms with Crippen LogP contribution in [-0.4, -0.2) is 28.7 Å². The smallest absolute Gasteiger partial charge is 0.212 e. The lowest BCUT2D eigenvalue weighted by Gasteiger charge is -2.07. The van der Waals surface area contributed by atoms with Crippen LogP contribution in [0, 0.1) is 5.82 Å². The number of H-pyrrole nitrogens is 1. The topological polar surface area (TPSA) is 79.9 Å². The first-order chi connectivity index (χ1) is 10.2. The summed E-state index contributed by atoms with van der Waals surface area (Å²) in [5.41, 5.74) is 1.58. The number of aromatic amines is 1. The minimum Gasteiger partial charge on any atom is -0.493 e. The average Bonchev–Trinajstić information content (AvgIpc) is 2.90. The van der Waals surface area contributed by atoms with Crippen molar-refractivity contribution in [2.24, 2.45) is 0 Å². The first-order valence-electron chi connectivity index (χ1n) is 6.12. The number of nitrogens with one attached hydrogen (secondary N) is 2. The third kappa shape index (κ3) is 2.18. The molecule has 0 radical (unpaired) electrons. The Hall–Kier alpha value is -2.96. The lowest BCUT2D eigenvalue weighted by Crippen LogP contribution is -1.96. The zero-order chi connectivity index (χ0) is 14.8. The highest BCUT2D eigenvalue weighted by atomic mass is 19.1. The minimum absolute atomic E-state index is 0.137. The number of carbonyl (C=O) groups is 1. The van der Waals surface area contributed by atoms with Gasteiger partial charge in [0.25, 0.3) is 0 Å². The molecular weight excluding hydrogens is 275 g/mol. The van der Waals surface area contributed by atoms with Crippen molar-refractivity contribution in [3.63, 3.8) is 0 Å². The zero-order valence-electron chi connectivity index (χ0n) is 11.1. The van der Waals surface area contributed by atoms with E-state index in [1.54, 1.807) is 24.3 Å². The summed E-state index contributed by atoms with van der Waals surface area (Å²) in [6, 6.07) is 8.03. The number of hydrogen-bond donors (Lipinski definition) is 2. The molecule has 1 aromatic carbocycles. The Bertz CT molecular complexity index is 816. The fourth-order valence-corrected chi connectivity index (χ4v) is 2.16. The Balaban J connectivity index is 2.18. The van der Waals surface area contributed by atoms with Crippen molar-refractivity contribution >= 4 is 23.3 Å². The number of anilines is 1.